The van der Waals surface area contributed by atoms with E-state index in [0.29, 0.717) is 0 Å². The second-order valence-corrected chi connectivity index (χ2v) is 6.99. The van der Waals surface area contributed by atoms with Gasteiger partial charge in [0.25, 0.3) is 0 Å². The minimum Gasteiger partial charge on any atom is -0.487 e. The van der Waals surface area contributed by atoms with Crippen molar-refractivity contribution in [3.05, 3.63) is 46.7 Å². The first-order chi connectivity index (χ1) is 14.8. The number of nitrogens with two attached hydrogens (primary N) is 1. The molecule has 1 atom stereocenters. The van der Waals surface area contributed by atoms with Crippen LogP contribution >= 0.6 is 0 Å². The number of nitrogen functional groups attached to an aromatic ring is 1. The van der Waals surface area contributed by atoms with Crippen LogP contribution in [0.2, 0.25) is 0 Å². The van der Waals surface area contributed by atoms with Crippen LogP contribution in [0.4, 0.5) is 20.4 Å². The first kappa shape index (κ1) is 20.3. The number of hydrogen-bond acceptors (Lipinski definition) is 8. The number of nitriles is 1. The number of carbonyl (C=O) groups excluding carboxylic acids is 1. The zero-order chi connectivity index (χ0) is 22.3. The normalized spacial score (nSPS) is 16.5. The number of halogens is 2. The van der Waals surface area contributed by atoms with Crippen molar-refractivity contribution in [2.45, 2.75) is 26.5 Å². The van der Waals surface area contributed by atoms with E-state index >= 15 is 0 Å². The van der Waals surface area contributed by atoms with Gasteiger partial charge in [-0.05, 0) is 26.0 Å². The predicted molar refractivity (Wildman–Crippen MR) is 106 cm³/mol. The third-order valence-electron chi connectivity index (χ3n) is 4.92. The van der Waals surface area contributed by atoms with Crippen molar-refractivity contribution in [3.63, 3.8) is 0 Å². The van der Waals surface area contributed by atoms with Crippen LogP contribution in [0.3, 0.4) is 0 Å². The number of carbonyl (C=O) groups is 1. The maximum absolute atomic E-state index is 14.9. The summed E-state index contributed by atoms with van der Waals surface area (Å²) in [5.41, 5.74) is 5.79. The lowest BCUT2D eigenvalue weighted by Gasteiger charge is -2.25. The van der Waals surface area contributed by atoms with Crippen LogP contribution in [0.15, 0.2) is 18.3 Å². The average Bonchev–Trinajstić information content (AvgIpc) is 3.05. The lowest BCUT2D eigenvalue weighted by Crippen LogP contribution is -2.26. The lowest BCUT2D eigenvalue weighted by atomic mass is 10.1. The highest BCUT2D eigenvalue weighted by Gasteiger charge is 2.27. The van der Waals surface area contributed by atoms with Crippen molar-refractivity contribution in [2.24, 2.45) is 0 Å². The molecule has 3 aromatic rings. The van der Waals surface area contributed by atoms with E-state index < -0.39 is 23.7 Å². The molecule has 11 heteroatoms. The molecule has 0 saturated heterocycles. The Morgan fingerprint density at radius 3 is 2.84 bits per heavy atom. The van der Waals surface area contributed by atoms with Crippen molar-refractivity contribution >= 4 is 23.3 Å². The SMILES string of the molecule is CCN1Cc2c(ccc(F)c2C#N)O[C@@H](C)COC(=O)c2c(N)nn3cc(F)c1nc23. The molecule has 9 nitrogen and oxygen atoms in total. The molecule has 0 fully saturated rings. The Kier molecular flexibility index (Phi) is 5.06. The van der Waals surface area contributed by atoms with Crippen LogP contribution in [-0.4, -0.2) is 39.8 Å². The molecule has 1 aliphatic rings. The quantitative estimate of drug-likeness (QED) is 0.587. The fourth-order valence-corrected chi connectivity index (χ4v) is 3.41. The fraction of sp³-hybridized carbons (Fsp3) is 0.300. The molecule has 160 valence electrons. The minimum absolute atomic E-state index is 0.0186. The van der Waals surface area contributed by atoms with E-state index in [9.17, 15) is 18.8 Å². The van der Waals surface area contributed by atoms with Gasteiger partial charge in [0.2, 0.25) is 0 Å². The first-order valence-electron chi connectivity index (χ1n) is 9.48. The number of rotatable bonds is 1. The van der Waals surface area contributed by atoms with Crippen molar-refractivity contribution in [1.29, 1.82) is 5.26 Å². The number of aromatic nitrogens is 3. The second-order valence-electron chi connectivity index (χ2n) is 6.99. The Morgan fingerprint density at radius 2 is 2.13 bits per heavy atom. The van der Waals surface area contributed by atoms with Crippen molar-refractivity contribution in [1.82, 2.24) is 14.6 Å². The largest absolute Gasteiger partial charge is 0.487 e. The zero-order valence-corrected chi connectivity index (χ0v) is 16.7. The standard InChI is InChI=1S/C20H18F2N6O3/c1-3-27-7-12-11(6-23)13(21)4-5-15(12)31-10(2)9-30-20(29)16-17(24)26-28-8-14(22)18(27)25-19(16)28/h4-5,8,10H,3,7,9H2,1-2H3,(H2,24,26)/t10-/m0/s1. The molecule has 3 heterocycles. The molecule has 2 N–H and O–H groups in total. The second kappa shape index (κ2) is 7.71. The van der Waals surface area contributed by atoms with Gasteiger partial charge in [-0.1, -0.05) is 0 Å². The molecule has 31 heavy (non-hydrogen) atoms. The molecule has 2 aromatic heterocycles. The van der Waals surface area contributed by atoms with Gasteiger partial charge in [0.1, 0.15) is 35.9 Å². The predicted octanol–water partition coefficient (Wildman–Crippen LogP) is 2.43. The summed E-state index contributed by atoms with van der Waals surface area (Å²) >= 11 is 0. The fourth-order valence-electron chi connectivity index (χ4n) is 3.41. The summed E-state index contributed by atoms with van der Waals surface area (Å²) in [6.45, 7) is 3.45. The molecule has 0 aliphatic carbocycles. The van der Waals surface area contributed by atoms with Gasteiger partial charge >= 0.3 is 5.97 Å². The van der Waals surface area contributed by atoms with Gasteiger partial charge < -0.3 is 20.1 Å². The summed E-state index contributed by atoms with van der Waals surface area (Å²) in [5, 5.41) is 13.4. The topological polar surface area (TPSA) is 119 Å². The summed E-state index contributed by atoms with van der Waals surface area (Å²) in [6.07, 6.45) is 0.417. The zero-order valence-electron chi connectivity index (χ0n) is 16.7. The van der Waals surface area contributed by atoms with E-state index in [2.05, 4.69) is 10.1 Å². The van der Waals surface area contributed by atoms with Crippen LogP contribution in [0.1, 0.15) is 35.3 Å². The summed E-state index contributed by atoms with van der Waals surface area (Å²) in [6, 6.07) is 4.35. The molecule has 0 saturated carbocycles. The summed E-state index contributed by atoms with van der Waals surface area (Å²) in [4.78, 5) is 18.4. The van der Waals surface area contributed by atoms with Gasteiger partial charge in [0, 0.05) is 18.7 Å². The minimum atomic E-state index is -0.785. The van der Waals surface area contributed by atoms with Gasteiger partial charge in [0.05, 0.1) is 11.8 Å². The van der Waals surface area contributed by atoms with E-state index in [1.807, 2.05) is 6.07 Å². The number of fused-ring (bicyclic) bond motifs is 2. The Morgan fingerprint density at radius 1 is 1.35 bits per heavy atom. The van der Waals surface area contributed by atoms with E-state index in [1.54, 1.807) is 13.8 Å². The van der Waals surface area contributed by atoms with Crippen LogP contribution in [0.25, 0.3) is 5.65 Å². The molecular weight excluding hydrogens is 410 g/mol. The Labute approximate surface area is 175 Å². The van der Waals surface area contributed by atoms with Crippen LogP contribution in [0, 0.1) is 23.0 Å². The molecule has 0 unspecified atom stereocenters. The monoisotopic (exact) mass is 428 g/mol. The van der Waals surface area contributed by atoms with Crippen molar-refractivity contribution < 1.29 is 23.0 Å². The Hall–Kier alpha value is -3.94. The number of cyclic esters (lactones) is 1. The first-order valence-corrected chi connectivity index (χ1v) is 9.48. The molecule has 0 spiro atoms. The maximum atomic E-state index is 14.9. The van der Waals surface area contributed by atoms with Crippen molar-refractivity contribution in [3.8, 4) is 11.8 Å². The smallest absolute Gasteiger partial charge is 0.346 e. The lowest BCUT2D eigenvalue weighted by molar-refractivity contribution is 0.0343. The Balaban J connectivity index is 1.96. The highest BCUT2D eigenvalue weighted by Crippen LogP contribution is 2.31. The average molecular weight is 428 g/mol. The van der Waals surface area contributed by atoms with Gasteiger partial charge in [-0.2, -0.15) is 5.26 Å². The molecule has 0 amide bonds. The number of esters is 1. The van der Waals surface area contributed by atoms with E-state index in [0.717, 1.165) is 16.8 Å². The summed E-state index contributed by atoms with van der Waals surface area (Å²) in [5.74, 6) is -2.29. The van der Waals surface area contributed by atoms with Crippen molar-refractivity contribution in [2.75, 3.05) is 23.8 Å². The van der Waals surface area contributed by atoms with Crippen LogP contribution in [0.5, 0.6) is 5.75 Å². The van der Waals surface area contributed by atoms with E-state index in [-0.39, 0.29) is 59.4 Å². The van der Waals surface area contributed by atoms with Gasteiger partial charge in [-0.3, -0.25) is 0 Å². The van der Waals surface area contributed by atoms with Crippen LogP contribution < -0.4 is 15.4 Å². The highest BCUT2D eigenvalue weighted by atomic mass is 19.1. The van der Waals surface area contributed by atoms with Gasteiger partial charge in [-0.15, -0.1) is 5.10 Å². The Bertz CT molecular complexity index is 1240. The molecule has 4 rings (SSSR count). The third-order valence-corrected chi connectivity index (χ3v) is 4.92. The molecule has 1 aliphatic heterocycles. The van der Waals surface area contributed by atoms with E-state index in [1.165, 1.54) is 11.0 Å². The number of nitrogens with zero attached hydrogens (tertiary/aromatic N) is 5. The maximum Gasteiger partial charge on any atom is 0.346 e. The van der Waals surface area contributed by atoms with E-state index in [4.69, 9.17) is 15.2 Å². The number of anilines is 2. The molecule has 2 bridgehead atoms. The summed E-state index contributed by atoms with van der Waals surface area (Å²) < 4.78 is 41.4. The van der Waals surface area contributed by atoms with Gasteiger partial charge in [-0.25, -0.2) is 23.1 Å². The number of hydrogen-bond donors (Lipinski definition) is 1. The number of ether oxygens (including phenoxy) is 2. The number of benzene rings is 1. The molecule has 1 aromatic carbocycles. The third kappa shape index (κ3) is 3.46. The van der Waals surface area contributed by atoms with Crippen LogP contribution in [-0.2, 0) is 11.3 Å². The molecule has 0 radical (unpaired) electrons. The summed E-state index contributed by atoms with van der Waals surface area (Å²) in [7, 11) is 0. The van der Waals surface area contributed by atoms with Gasteiger partial charge in [0.15, 0.2) is 23.1 Å². The molecular formula is C20H18F2N6O3. The highest BCUT2D eigenvalue weighted by molar-refractivity contribution is 6.00.